The zero-order valence-electron chi connectivity index (χ0n) is 12.7. The molecule has 2 aliphatic carbocycles. The van der Waals surface area contributed by atoms with E-state index in [-0.39, 0.29) is 5.56 Å². The van der Waals surface area contributed by atoms with Gasteiger partial charge in [0.25, 0.3) is 5.56 Å². The molecule has 0 aromatic carbocycles. The highest BCUT2D eigenvalue weighted by Gasteiger charge is 2.36. The average Bonchev–Trinajstić information content (AvgIpc) is 3.33. The maximum atomic E-state index is 11.9. The maximum Gasteiger partial charge on any atom is 0.252 e. The van der Waals surface area contributed by atoms with E-state index < -0.39 is 0 Å². The lowest BCUT2D eigenvalue weighted by atomic mass is 9.68. The van der Waals surface area contributed by atoms with Gasteiger partial charge in [0.2, 0.25) is 0 Å². The fourth-order valence-electron chi connectivity index (χ4n) is 4.19. The third kappa shape index (κ3) is 2.72. The van der Waals surface area contributed by atoms with Crippen LogP contribution in [0.3, 0.4) is 0 Å². The molecule has 2 saturated carbocycles. The highest BCUT2D eigenvalue weighted by Crippen LogP contribution is 2.45. The summed E-state index contributed by atoms with van der Waals surface area (Å²) in [7, 11) is 0. The van der Waals surface area contributed by atoms with Crippen molar-refractivity contribution in [2.45, 2.75) is 63.7 Å². The lowest BCUT2D eigenvalue weighted by Crippen LogP contribution is -2.42. The summed E-state index contributed by atoms with van der Waals surface area (Å²) >= 11 is 0. The van der Waals surface area contributed by atoms with Crippen LogP contribution in [0.1, 0.15) is 69.5 Å². The van der Waals surface area contributed by atoms with Crippen molar-refractivity contribution in [1.82, 2.24) is 9.97 Å². The molecule has 4 rings (SSSR count). The molecule has 1 saturated heterocycles. The number of rotatable bonds is 2. The quantitative estimate of drug-likeness (QED) is 0.908. The highest BCUT2D eigenvalue weighted by molar-refractivity contribution is 5.39. The van der Waals surface area contributed by atoms with Crippen LogP contribution in [0, 0.1) is 5.41 Å². The molecule has 114 valence electrons. The molecule has 3 fully saturated rings. The molecule has 1 spiro atoms. The van der Waals surface area contributed by atoms with Crippen molar-refractivity contribution in [1.29, 1.82) is 0 Å². The Balaban J connectivity index is 1.49. The Kier molecular flexibility index (Phi) is 3.27. The number of aromatic nitrogens is 2. The zero-order chi connectivity index (χ0) is 14.3. The van der Waals surface area contributed by atoms with E-state index in [1.165, 1.54) is 57.8 Å². The van der Waals surface area contributed by atoms with Gasteiger partial charge in [-0.05, 0) is 43.9 Å². The van der Waals surface area contributed by atoms with Gasteiger partial charge >= 0.3 is 0 Å². The molecule has 4 nitrogen and oxygen atoms in total. The number of nitrogens with zero attached hydrogens (tertiary/aromatic N) is 2. The number of nitrogens with one attached hydrogen (secondary N) is 1. The predicted octanol–water partition coefficient (Wildman–Crippen LogP) is 3.20. The second kappa shape index (κ2) is 5.15. The molecule has 4 heteroatoms. The third-order valence-corrected chi connectivity index (χ3v) is 5.77. The highest BCUT2D eigenvalue weighted by atomic mass is 16.1. The first-order chi connectivity index (χ1) is 10.2. The van der Waals surface area contributed by atoms with Crippen LogP contribution in [-0.2, 0) is 0 Å². The largest absolute Gasteiger partial charge is 0.356 e. The molecule has 0 atom stereocenters. The summed E-state index contributed by atoms with van der Waals surface area (Å²) in [5.41, 5.74) is 0.620. The van der Waals surface area contributed by atoms with E-state index in [2.05, 4.69) is 9.88 Å². The Morgan fingerprint density at radius 1 is 1.10 bits per heavy atom. The van der Waals surface area contributed by atoms with Crippen molar-refractivity contribution in [2.24, 2.45) is 5.41 Å². The molecule has 0 amide bonds. The molecule has 3 aliphatic rings. The molecule has 2 heterocycles. The van der Waals surface area contributed by atoms with Gasteiger partial charge in [0.1, 0.15) is 11.6 Å². The van der Waals surface area contributed by atoms with E-state index in [9.17, 15) is 4.79 Å². The van der Waals surface area contributed by atoms with E-state index in [1.54, 1.807) is 6.07 Å². The van der Waals surface area contributed by atoms with Crippen LogP contribution in [0.15, 0.2) is 10.9 Å². The summed E-state index contributed by atoms with van der Waals surface area (Å²) in [5.74, 6) is 2.33. The minimum Gasteiger partial charge on any atom is -0.356 e. The van der Waals surface area contributed by atoms with Crippen LogP contribution in [-0.4, -0.2) is 23.1 Å². The van der Waals surface area contributed by atoms with E-state index in [0.717, 1.165) is 24.7 Å². The monoisotopic (exact) mass is 287 g/mol. The molecule has 21 heavy (non-hydrogen) atoms. The van der Waals surface area contributed by atoms with Gasteiger partial charge in [-0.2, -0.15) is 0 Å². The average molecular weight is 287 g/mol. The lowest BCUT2D eigenvalue weighted by molar-refractivity contribution is 0.144. The second-order valence-corrected chi connectivity index (χ2v) is 7.31. The molecule has 1 aromatic heterocycles. The number of piperidine rings is 1. The Bertz CT molecular complexity index is 560. The van der Waals surface area contributed by atoms with Crippen molar-refractivity contribution >= 4 is 5.82 Å². The van der Waals surface area contributed by atoms with Crippen LogP contribution in [0.2, 0.25) is 0 Å². The first-order valence-corrected chi connectivity index (χ1v) is 8.60. The summed E-state index contributed by atoms with van der Waals surface area (Å²) in [4.78, 5) is 21.8. The van der Waals surface area contributed by atoms with E-state index in [1.807, 2.05) is 0 Å². The van der Waals surface area contributed by atoms with Gasteiger partial charge in [-0.1, -0.05) is 19.3 Å². The Hall–Kier alpha value is -1.32. The van der Waals surface area contributed by atoms with Crippen LogP contribution >= 0.6 is 0 Å². The van der Waals surface area contributed by atoms with Crippen LogP contribution in [0.5, 0.6) is 0 Å². The molecule has 1 N–H and O–H groups in total. The standard InChI is InChI=1S/C17H25N3O/c21-15-12-14(18-16(19-15)13-4-5-13)20-10-8-17(9-11-20)6-2-1-3-7-17/h12-13H,1-11H2,(H,18,19,21). The third-order valence-electron chi connectivity index (χ3n) is 5.77. The second-order valence-electron chi connectivity index (χ2n) is 7.31. The lowest BCUT2D eigenvalue weighted by Gasteiger charge is -2.44. The van der Waals surface area contributed by atoms with Crippen LogP contribution < -0.4 is 10.5 Å². The summed E-state index contributed by atoms with van der Waals surface area (Å²) in [6.45, 7) is 2.14. The summed E-state index contributed by atoms with van der Waals surface area (Å²) in [5, 5.41) is 0. The van der Waals surface area contributed by atoms with Crippen LogP contribution in [0.4, 0.5) is 5.82 Å². The van der Waals surface area contributed by atoms with E-state index in [4.69, 9.17) is 4.98 Å². The minimum atomic E-state index is 0.0138. The minimum absolute atomic E-state index is 0.0138. The van der Waals surface area contributed by atoms with E-state index >= 15 is 0 Å². The van der Waals surface area contributed by atoms with E-state index in [0.29, 0.717) is 11.3 Å². The molecule has 0 unspecified atom stereocenters. The smallest absolute Gasteiger partial charge is 0.252 e. The Labute approximate surface area is 126 Å². The van der Waals surface area contributed by atoms with Crippen molar-refractivity contribution in [3.63, 3.8) is 0 Å². The number of hydrogen-bond acceptors (Lipinski definition) is 3. The van der Waals surface area contributed by atoms with Gasteiger partial charge in [0.05, 0.1) is 0 Å². The Morgan fingerprint density at radius 3 is 2.48 bits per heavy atom. The van der Waals surface area contributed by atoms with Gasteiger partial charge in [-0.15, -0.1) is 0 Å². The molecule has 1 aliphatic heterocycles. The van der Waals surface area contributed by atoms with Gasteiger partial charge in [0.15, 0.2) is 0 Å². The number of anilines is 1. The van der Waals surface area contributed by atoms with Gasteiger partial charge < -0.3 is 9.88 Å². The predicted molar refractivity (Wildman–Crippen MR) is 83.8 cm³/mol. The molecule has 0 bridgehead atoms. The Morgan fingerprint density at radius 2 is 1.81 bits per heavy atom. The topological polar surface area (TPSA) is 49.0 Å². The molecule has 0 radical (unpaired) electrons. The van der Waals surface area contributed by atoms with Crippen molar-refractivity contribution < 1.29 is 0 Å². The van der Waals surface area contributed by atoms with Gasteiger partial charge in [-0.25, -0.2) is 4.98 Å². The molecular weight excluding hydrogens is 262 g/mol. The summed E-state index contributed by atoms with van der Waals surface area (Å²) in [6.07, 6.45) is 12.0. The first-order valence-electron chi connectivity index (χ1n) is 8.60. The maximum absolute atomic E-state index is 11.9. The fraction of sp³-hybridized carbons (Fsp3) is 0.765. The summed E-state index contributed by atoms with van der Waals surface area (Å²) in [6, 6.07) is 1.69. The number of aromatic amines is 1. The van der Waals surface area contributed by atoms with Crippen molar-refractivity contribution in [3.05, 3.63) is 22.2 Å². The van der Waals surface area contributed by atoms with Crippen molar-refractivity contribution in [2.75, 3.05) is 18.0 Å². The summed E-state index contributed by atoms with van der Waals surface area (Å²) < 4.78 is 0. The fourth-order valence-corrected chi connectivity index (χ4v) is 4.19. The normalized spacial score (nSPS) is 25.2. The van der Waals surface area contributed by atoms with Crippen molar-refractivity contribution in [3.8, 4) is 0 Å². The zero-order valence-corrected chi connectivity index (χ0v) is 12.7. The molecular formula is C17H25N3O. The molecule has 1 aromatic rings. The first kappa shape index (κ1) is 13.4. The number of H-pyrrole nitrogens is 1. The van der Waals surface area contributed by atoms with Gasteiger partial charge in [-0.3, -0.25) is 4.79 Å². The number of hydrogen-bond donors (Lipinski definition) is 1. The van der Waals surface area contributed by atoms with Crippen LogP contribution in [0.25, 0.3) is 0 Å². The SMILES string of the molecule is O=c1cc(N2CCC3(CCCCC3)CC2)nc(C2CC2)[nH]1. The van der Waals surface area contributed by atoms with Gasteiger partial charge in [0, 0.05) is 25.1 Å².